The summed E-state index contributed by atoms with van der Waals surface area (Å²) >= 11 is 0. The second kappa shape index (κ2) is 9.50. The Hall–Kier alpha value is -3.52. The van der Waals surface area contributed by atoms with E-state index in [1.165, 1.54) is 11.1 Å². The van der Waals surface area contributed by atoms with Crippen molar-refractivity contribution in [3.05, 3.63) is 77.0 Å². The maximum atomic E-state index is 13.6. The number of sulfone groups is 1. The summed E-state index contributed by atoms with van der Waals surface area (Å²) in [5, 5.41) is 8.35. The largest absolute Gasteiger partial charge is 0.322 e. The van der Waals surface area contributed by atoms with Crippen LogP contribution in [0.25, 0.3) is 22.3 Å². The molecule has 5 rings (SSSR count). The Morgan fingerprint density at radius 3 is 2.25 bits per heavy atom. The second-order valence-corrected chi connectivity index (χ2v) is 11.6. The van der Waals surface area contributed by atoms with E-state index in [9.17, 15) is 13.2 Å². The Kier molecular flexibility index (Phi) is 6.38. The topological polar surface area (TPSA) is 93.9 Å². The molecule has 0 aliphatic carbocycles. The number of nitrogens with zero attached hydrogens (tertiary/aromatic N) is 3. The Morgan fingerprint density at radius 1 is 1.03 bits per heavy atom. The monoisotopic (exact) mass is 502 g/mol. The minimum Gasteiger partial charge on any atom is -0.322 e. The molecule has 0 radical (unpaired) electrons. The molecule has 0 saturated carbocycles. The number of aromatic nitrogens is 3. The summed E-state index contributed by atoms with van der Waals surface area (Å²) in [5.74, 6) is -0.0806. The van der Waals surface area contributed by atoms with Crippen molar-refractivity contribution >= 4 is 32.5 Å². The first kappa shape index (κ1) is 24.2. The van der Waals surface area contributed by atoms with Crippen molar-refractivity contribution in [2.45, 2.75) is 46.1 Å². The summed E-state index contributed by atoms with van der Waals surface area (Å²) in [6.07, 6.45) is 2.34. The predicted molar refractivity (Wildman–Crippen MR) is 143 cm³/mol. The number of hydrogen-bond donors (Lipinski definition) is 1. The number of carbonyl (C=O) groups excluding carboxylic acids is 1. The zero-order valence-electron chi connectivity index (χ0n) is 20.8. The highest BCUT2D eigenvalue weighted by atomic mass is 32.2. The minimum atomic E-state index is -3.11. The molecule has 3 heterocycles. The van der Waals surface area contributed by atoms with Gasteiger partial charge in [-0.15, -0.1) is 0 Å². The molecule has 1 saturated heterocycles. The predicted octanol–water partition coefficient (Wildman–Crippen LogP) is 5.14. The van der Waals surface area contributed by atoms with Gasteiger partial charge in [-0.25, -0.2) is 18.1 Å². The van der Waals surface area contributed by atoms with Gasteiger partial charge in [0.2, 0.25) is 0 Å². The van der Waals surface area contributed by atoms with Crippen LogP contribution in [0.5, 0.6) is 0 Å². The Labute approximate surface area is 211 Å². The zero-order valence-corrected chi connectivity index (χ0v) is 21.6. The highest BCUT2D eigenvalue weighted by Crippen LogP contribution is 2.32. The number of aryl methyl sites for hydroxylation is 3. The lowest BCUT2D eigenvalue weighted by molar-refractivity contribution is 0.102. The van der Waals surface area contributed by atoms with E-state index in [4.69, 9.17) is 4.98 Å². The van der Waals surface area contributed by atoms with Gasteiger partial charge >= 0.3 is 0 Å². The van der Waals surface area contributed by atoms with Crippen molar-refractivity contribution in [2.24, 2.45) is 0 Å². The maximum absolute atomic E-state index is 13.6. The van der Waals surface area contributed by atoms with E-state index in [-0.39, 0.29) is 23.5 Å². The molecule has 2 aromatic carbocycles. The Morgan fingerprint density at radius 2 is 1.67 bits per heavy atom. The molecule has 1 aliphatic rings. The van der Waals surface area contributed by atoms with E-state index in [1.807, 2.05) is 49.4 Å². The van der Waals surface area contributed by atoms with Crippen LogP contribution in [-0.4, -0.2) is 40.6 Å². The molecule has 0 bridgehead atoms. The highest BCUT2D eigenvalue weighted by molar-refractivity contribution is 7.91. The van der Waals surface area contributed by atoms with E-state index in [1.54, 1.807) is 4.68 Å². The number of carbonyl (C=O) groups is 1. The molecule has 186 valence electrons. The molecule has 8 heteroatoms. The summed E-state index contributed by atoms with van der Waals surface area (Å²) in [7, 11) is -3.11. The number of nitrogens with one attached hydrogen (secondary N) is 1. The lowest BCUT2D eigenvalue weighted by atomic mass is 10.0. The molecule has 1 unspecified atom stereocenters. The number of benzene rings is 2. The van der Waals surface area contributed by atoms with Gasteiger partial charge in [0.05, 0.1) is 39.9 Å². The smallest absolute Gasteiger partial charge is 0.256 e. The van der Waals surface area contributed by atoms with Gasteiger partial charge in [-0.3, -0.25) is 4.79 Å². The molecular weight excluding hydrogens is 472 g/mol. The highest BCUT2D eigenvalue weighted by Gasteiger charge is 2.32. The molecule has 1 aliphatic heterocycles. The molecule has 0 spiro atoms. The van der Waals surface area contributed by atoms with Crippen LogP contribution in [0.15, 0.2) is 54.6 Å². The van der Waals surface area contributed by atoms with Crippen LogP contribution in [0.1, 0.15) is 53.5 Å². The van der Waals surface area contributed by atoms with Crippen LogP contribution in [0.2, 0.25) is 0 Å². The average Bonchev–Trinajstić information content (AvgIpc) is 3.42. The van der Waals surface area contributed by atoms with Gasteiger partial charge in [0.1, 0.15) is 0 Å². The third-order valence-corrected chi connectivity index (χ3v) is 8.66. The van der Waals surface area contributed by atoms with Crippen LogP contribution in [0.3, 0.4) is 0 Å². The van der Waals surface area contributed by atoms with E-state index in [0.717, 1.165) is 18.4 Å². The number of rotatable bonds is 6. The van der Waals surface area contributed by atoms with Crippen molar-refractivity contribution in [2.75, 3.05) is 16.8 Å². The summed E-state index contributed by atoms with van der Waals surface area (Å²) < 4.78 is 26.1. The van der Waals surface area contributed by atoms with Gasteiger partial charge in [-0.05, 0) is 55.5 Å². The normalized spacial score (nSPS) is 16.9. The molecule has 1 N–H and O–H groups in total. The number of pyridine rings is 1. The van der Waals surface area contributed by atoms with E-state index >= 15 is 0 Å². The third-order valence-electron chi connectivity index (χ3n) is 6.91. The summed E-state index contributed by atoms with van der Waals surface area (Å²) in [6.45, 7) is 6.03. The molecule has 36 heavy (non-hydrogen) atoms. The maximum Gasteiger partial charge on any atom is 0.256 e. The fourth-order valence-electron chi connectivity index (χ4n) is 4.80. The van der Waals surface area contributed by atoms with Crippen molar-refractivity contribution in [3.63, 3.8) is 0 Å². The minimum absolute atomic E-state index is 0.0334. The lowest BCUT2D eigenvalue weighted by Crippen LogP contribution is -2.15. The van der Waals surface area contributed by atoms with Crippen LogP contribution in [0.4, 0.5) is 5.69 Å². The quantitative estimate of drug-likeness (QED) is 0.394. The first-order valence-corrected chi connectivity index (χ1v) is 14.2. The van der Waals surface area contributed by atoms with Crippen molar-refractivity contribution in [1.29, 1.82) is 0 Å². The van der Waals surface area contributed by atoms with Gasteiger partial charge in [0, 0.05) is 11.3 Å². The van der Waals surface area contributed by atoms with Gasteiger partial charge in [0.15, 0.2) is 15.5 Å². The standard InChI is InChI=1S/C28H30N4O3S/c1-4-19-6-10-21(11-7-19)25-16-24(28(33)29-22-12-8-20(5-2)9-13-22)26-18(3)31-32(27(26)30-25)23-14-15-36(34,35)17-23/h6-13,16,23H,4-5,14-15,17H2,1-3H3,(H,29,33). The first-order valence-electron chi connectivity index (χ1n) is 12.4. The second-order valence-electron chi connectivity index (χ2n) is 9.40. The van der Waals surface area contributed by atoms with Gasteiger partial charge in [0.25, 0.3) is 5.91 Å². The molecule has 2 aromatic heterocycles. The average molecular weight is 503 g/mol. The number of fused-ring (bicyclic) bond motifs is 1. The lowest BCUT2D eigenvalue weighted by Gasteiger charge is -2.13. The fourth-order valence-corrected chi connectivity index (χ4v) is 6.49. The summed E-state index contributed by atoms with van der Waals surface area (Å²) in [4.78, 5) is 18.5. The van der Waals surface area contributed by atoms with Crippen LogP contribution in [0, 0.1) is 6.92 Å². The molecule has 1 fully saturated rings. The first-order chi connectivity index (χ1) is 17.3. The fraction of sp³-hybridized carbons (Fsp3) is 0.321. The van der Waals surface area contributed by atoms with E-state index in [2.05, 4.69) is 36.4 Å². The third kappa shape index (κ3) is 4.65. The summed E-state index contributed by atoms with van der Waals surface area (Å²) in [6, 6.07) is 17.4. The summed E-state index contributed by atoms with van der Waals surface area (Å²) in [5.41, 5.74) is 6.32. The van der Waals surface area contributed by atoms with Crippen LogP contribution in [-0.2, 0) is 22.7 Å². The van der Waals surface area contributed by atoms with Crippen molar-refractivity contribution in [1.82, 2.24) is 14.8 Å². The van der Waals surface area contributed by atoms with Crippen molar-refractivity contribution in [3.8, 4) is 11.3 Å². The molecule has 4 aromatic rings. The van der Waals surface area contributed by atoms with Gasteiger partial charge < -0.3 is 5.32 Å². The molecule has 1 atom stereocenters. The number of amides is 1. The van der Waals surface area contributed by atoms with E-state index < -0.39 is 9.84 Å². The van der Waals surface area contributed by atoms with Gasteiger partial charge in [-0.1, -0.05) is 50.2 Å². The zero-order chi connectivity index (χ0) is 25.4. The van der Waals surface area contributed by atoms with Gasteiger partial charge in [-0.2, -0.15) is 5.10 Å². The number of hydrogen-bond acceptors (Lipinski definition) is 5. The van der Waals surface area contributed by atoms with Crippen LogP contribution >= 0.6 is 0 Å². The Bertz CT molecular complexity index is 1540. The number of anilines is 1. The SMILES string of the molecule is CCc1ccc(NC(=O)c2cc(-c3ccc(CC)cc3)nc3c2c(C)nn3C2CCS(=O)(=O)C2)cc1. The Balaban J connectivity index is 1.64. The molecule has 7 nitrogen and oxygen atoms in total. The molecular formula is C28H30N4O3S. The van der Waals surface area contributed by atoms with Crippen molar-refractivity contribution < 1.29 is 13.2 Å². The molecule has 1 amide bonds. The van der Waals surface area contributed by atoms with E-state index in [0.29, 0.717) is 40.1 Å². The van der Waals surface area contributed by atoms with Crippen LogP contribution < -0.4 is 5.32 Å².